The fourth-order valence-corrected chi connectivity index (χ4v) is 3.26. The van der Waals surface area contributed by atoms with Crippen molar-refractivity contribution in [3.8, 4) is 5.75 Å². The minimum Gasteiger partial charge on any atom is -0.496 e. The molecule has 1 aliphatic heterocycles. The van der Waals surface area contributed by atoms with Crippen LogP contribution in [-0.2, 0) is 6.54 Å². The van der Waals surface area contributed by atoms with Gasteiger partial charge >= 0.3 is 0 Å². The standard InChI is InChI=1S/C18H30N2O/c1-14(2)17(20-9-5-6-10-20)13-19-12-16-11-15(3)7-8-18(16)21-4/h7-8,11,14,17,19H,5-6,9-10,12-13H2,1-4H3. The molecule has 0 saturated carbocycles. The Morgan fingerprint density at radius 3 is 2.57 bits per heavy atom. The van der Waals surface area contributed by atoms with Gasteiger partial charge in [-0.15, -0.1) is 0 Å². The van der Waals surface area contributed by atoms with Gasteiger partial charge in [-0.1, -0.05) is 31.5 Å². The first-order valence-corrected chi connectivity index (χ1v) is 8.20. The van der Waals surface area contributed by atoms with Crippen LogP contribution in [0, 0.1) is 12.8 Å². The monoisotopic (exact) mass is 290 g/mol. The van der Waals surface area contributed by atoms with Crippen LogP contribution in [-0.4, -0.2) is 37.7 Å². The van der Waals surface area contributed by atoms with Crippen LogP contribution in [0.1, 0.15) is 37.8 Å². The maximum atomic E-state index is 5.45. The van der Waals surface area contributed by atoms with Gasteiger partial charge in [0, 0.05) is 24.7 Å². The number of benzene rings is 1. The molecule has 1 heterocycles. The second kappa shape index (κ2) is 7.81. The molecular formula is C18H30N2O. The van der Waals surface area contributed by atoms with Crippen LogP contribution in [0.3, 0.4) is 0 Å². The maximum Gasteiger partial charge on any atom is 0.123 e. The molecule has 0 aliphatic carbocycles. The van der Waals surface area contributed by atoms with E-state index < -0.39 is 0 Å². The summed E-state index contributed by atoms with van der Waals surface area (Å²) in [6.07, 6.45) is 2.71. The number of ether oxygens (including phenoxy) is 1. The molecule has 0 aromatic heterocycles. The molecular weight excluding hydrogens is 260 g/mol. The molecule has 1 aromatic carbocycles. The van der Waals surface area contributed by atoms with Gasteiger partial charge in [0.15, 0.2) is 0 Å². The van der Waals surface area contributed by atoms with E-state index in [1.54, 1.807) is 7.11 Å². The zero-order valence-electron chi connectivity index (χ0n) is 14.0. The molecule has 2 rings (SSSR count). The first-order chi connectivity index (χ1) is 10.1. The van der Waals surface area contributed by atoms with Gasteiger partial charge in [0.2, 0.25) is 0 Å². The van der Waals surface area contributed by atoms with E-state index >= 15 is 0 Å². The topological polar surface area (TPSA) is 24.5 Å². The molecule has 0 bridgehead atoms. The molecule has 1 saturated heterocycles. The predicted molar refractivity (Wildman–Crippen MR) is 88.9 cm³/mol. The summed E-state index contributed by atoms with van der Waals surface area (Å²) in [4.78, 5) is 2.64. The van der Waals surface area contributed by atoms with E-state index in [-0.39, 0.29) is 0 Å². The molecule has 0 radical (unpaired) electrons. The molecule has 3 heteroatoms. The number of methoxy groups -OCH3 is 1. The van der Waals surface area contributed by atoms with Gasteiger partial charge in [-0.05, 0) is 44.8 Å². The van der Waals surface area contributed by atoms with Crippen LogP contribution in [0.2, 0.25) is 0 Å². The molecule has 0 spiro atoms. The lowest BCUT2D eigenvalue weighted by Crippen LogP contribution is -2.44. The van der Waals surface area contributed by atoms with E-state index in [0.29, 0.717) is 12.0 Å². The number of nitrogens with zero attached hydrogens (tertiary/aromatic N) is 1. The van der Waals surface area contributed by atoms with Crippen LogP contribution in [0.5, 0.6) is 5.75 Å². The van der Waals surface area contributed by atoms with Crippen LogP contribution >= 0.6 is 0 Å². The molecule has 1 fully saturated rings. The molecule has 0 amide bonds. The Balaban J connectivity index is 1.91. The maximum absolute atomic E-state index is 5.45. The molecule has 1 atom stereocenters. The fourth-order valence-electron chi connectivity index (χ4n) is 3.26. The Hall–Kier alpha value is -1.06. The van der Waals surface area contributed by atoms with Crippen LogP contribution < -0.4 is 10.1 Å². The largest absolute Gasteiger partial charge is 0.496 e. The Kier molecular flexibility index (Phi) is 6.07. The number of likely N-dealkylation sites (tertiary alicyclic amines) is 1. The number of nitrogens with one attached hydrogen (secondary N) is 1. The summed E-state index contributed by atoms with van der Waals surface area (Å²) in [5, 5.41) is 3.64. The molecule has 1 N–H and O–H groups in total. The second-order valence-electron chi connectivity index (χ2n) is 6.50. The van der Waals surface area contributed by atoms with E-state index in [2.05, 4.69) is 49.2 Å². The highest BCUT2D eigenvalue weighted by molar-refractivity contribution is 5.36. The third-order valence-corrected chi connectivity index (χ3v) is 4.48. The van der Waals surface area contributed by atoms with E-state index in [9.17, 15) is 0 Å². The average Bonchev–Trinajstić information content (AvgIpc) is 2.97. The highest BCUT2D eigenvalue weighted by atomic mass is 16.5. The Bertz CT molecular complexity index is 439. The normalized spacial score (nSPS) is 17.4. The number of rotatable bonds is 7. The predicted octanol–water partition coefficient (Wildman–Crippen LogP) is 3.21. The van der Waals surface area contributed by atoms with Crippen molar-refractivity contribution in [2.75, 3.05) is 26.7 Å². The zero-order chi connectivity index (χ0) is 15.2. The van der Waals surface area contributed by atoms with Crippen LogP contribution in [0.15, 0.2) is 18.2 Å². The Morgan fingerprint density at radius 1 is 1.24 bits per heavy atom. The second-order valence-corrected chi connectivity index (χ2v) is 6.50. The van der Waals surface area contributed by atoms with Gasteiger partial charge in [0.05, 0.1) is 7.11 Å². The minimum absolute atomic E-state index is 0.642. The first kappa shape index (κ1) is 16.3. The van der Waals surface area contributed by atoms with E-state index in [0.717, 1.165) is 18.8 Å². The molecule has 1 unspecified atom stereocenters. The third kappa shape index (κ3) is 4.45. The fraction of sp³-hybridized carbons (Fsp3) is 0.667. The van der Waals surface area contributed by atoms with Crippen molar-refractivity contribution < 1.29 is 4.74 Å². The Labute approximate surface area is 129 Å². The third-order valence-electron chi connectivity index (χ3n) is 4.48. The van der Waals surface area contributed by atoms with Gasteiger partial charge in [0.25, 0.3) is 0 Å². The van der Waals surface area contributed by atoms with E-state index in [1.807, 2.05) is 0 Å². The van der Waals surface area contributed by atoms with Gasteiger partial charge in [-0.3, -0.25) is 4.90 Å². The Morgan fingerprint density at radius 2 is 1.95 bits per heavy atom. The molecule has 118 valence electrons. The van der Waals surface area contributed by atoms with Crippen LogP contribution in [0.4, 0.5) is 0 Å². The number of aryl methyl sites for hydroxylation is 1. The molecule has 1 aromatic rings. The lowest BCUT2D eigenvalue weighted by atomic mass is 10.0. The summed E-state index contributed by atoms with van der Waals surface area (Å²) in [7, 11) is 1.75. The zero-order valence-corrected chi connectivity index (χ0v) is 14.0. The highest BCUT2D eigenvalue weighted by Crippen LogP contribution is 2.20. The van der Waals surface area contributed by atoms with Gasteiger partial charge in [0.1, 0.15) is 5.75 Å². The van der Waals surface area contributed by atoms with Crippen molar-refractivity contribution in [1.29, 1.82) is 0 Å². The molecule has 1 aliphatic rings. The lowest BCUT2D eigenvalue weighted by molar-refractivity contribution is 0.186. The van der Waals surface area contributed by atoms with Crippen molar-refractivity contribution in [3.63, 3.8) is 0 Å². The van der Waals surface area contributed by atoms with E-state index in [4.69, 9.17) is 4.74 Å². The van der Waals surface area contributed by atoms with Gasteiger partial charge in [-0.25, -0.2) is 0 Å². The van der Waals surface area contributed by atoms with E-state index in [1.165, 1.54) is 37.1 Å². The number of hydrogen-bond acceptors (Lipinski definition) is 3. The highest BCUT2D eigenvalue weighted by Gasteiger charge is 2.24. The summed E-state index contributed by atoms with van der Waals surface area (Å²) in [6, 6.07) is 7.02. The molecule has 3 nitrogen and oxygen atoms in total. The summed E-state index contributed by atoms with van der Waals surface area (Å²) in [5.74, 6) is 1.67. The van der Waals surface area contributed by atoms with Gasteiger partial charge in [-0.2, -0.15) is 0 Å². The summed E-state index contributed by atoms with van der Waals surface area (Å²) in [6.45, 7) is 11.2. The van der Waals surface area contributed by atoms with Gasteiger partial charge < -0.3 is 10.1 Å². The quantitative estimate of drug-likeness (QED) is 0.834. The minimum atomic E-state index is 0.642. The summed E-state index contributed by atoms with van der Waals surface area (Å²) >= 11 is 0. The first-order valence-electron chi connectivity index (χ1n) is 8.20. The van der Waals surface area contributed by atoms with Crippen molar-refractivity contribution in [3.05, 3.63) is 29.3 Å². The van der Waals surface area contributed by atoms with Crippen molar-refractivity contribution >= 4 is 0 Å². The van der Waals surface area contributed by atoms with Crippen molar-refractivity contribution in [2.45, 2.75) is 46.2 Å². The SMILES string of the molecule is COc1ccc(C)cc1CNCC(C(C)C)N1CCCC1. The molecule has 21 heavy (non-hydrogen) atoms. The average molecular weight is 290 g/mol. The van der Waals surface area contributed by atoms with Crippen molar-refractivity contribution in [2.24, 2.45) is 5.92 Å². The smallest absolute Gasteiger partial charge is 0.123 e. The lowest BCUT2D eigenvalue weighted by Gasteiger charge is -2.31. The summed E-state index contributed by atoms with van der Waals surface area (Å²) in [5.41, 5.74) is 2.54. The number of hydrogen-bond donors (Lipinski definition) is 1. The summed E-state index contributed by atoms with van der Waals surface area (Å²) < 4.78 is 5.45. The van der Waals surface area contributed by atoms with Crippen molar-refractivity contribution in [1.82, 2.24) is 10.2 Å². The van der Waals surface area contributed by atoms with Crippen LogP contribution in [0.25, 0.3) is 0 Å².